The van der Waals surface area contributed by atoms with Gasteiger partial charge in [-0.15, -0.1) is 11.3 Å². The van der Waals surface area contributed by atoms with Crippen molar-refractivity contribution in [1.82, 2.24) is 10.3 Å². The Kier molecular flexibility index (Phi) is 6.80. The Morgan fingerprint density at radius 3 is 2.79 bits per heavy atom. The molecule has 1 unspecified atom stereocenters. The van der Waals surface area contributed by atoms with E-state index in [0.29, 0.717) is 23.5 Å². The van der Waals surface area contributed by atoms with Gasteiger partial charge in [-0.2, -0.15) is 0 Å². The van der Waals surface area contributed by atoms with Crippen LogP contribution in [0.25, 0.3) is 0 Å². The molecule has 1 aromatic heterocycles. The summed E-state index contributed by atoms with van der Waals surface area (Å²) < 4.78 is 0. The Morgan fingerprint density at radius 2 is 2.26 bits per heavy atom. The summed E-state index contributed by atoms with van der Waals surface area (Å²) in [5.74, 6) is 0.872. The Labute approximate surface area is 118 Å². The number of aliphatic hydroxyl groups is 1. The number of hydrogen-bond donors (Lipinski definition) is 3. The summed E-state index contributed by atoms with van der Waals surface area (Å²) in [6, 6.07) is -0.235. The number of nitrogens with zero attached hydrogens (tertiary/aromatic N) is 1. The normalized spacial score (nSPS) is 12.5. The van der Waals surface area contributed by atoms with Crippen molar-refractivity contribution in [1.29, 1.82) is 0 Å². The third kappa shape index (κ3) is 6.54. The minimum absolute atomic E-state index is 0.159. The summed E-state index contributed by atoms with van der Waals surface area (Å²) >= 11 is 1.45. The van der Waals surface area contributed by atoms with Crippen LogP contribution in [0, 0.1) is 18.8 Å². The highest BCUT2D eigenvalue weighted by molar-refractivity contribution is 7.15. The number of thiazole rings is 1. The van der Waals surface area contributed by atoms with E-state index in [4.69, 9.17) is 5.11 Å². The third-order valence-electron chi connectivity index (χ3n) is 2.74. The zero-order valence-electron chi connectivity index (χ0n) is 11.8. The highest BCUT2D eigenvalue weighted by Gasteiger charge is 2.12. The fraction of sp³-hybridized carbons (Fsp3) is 0.692. The summed E-state index contributed by atoms with van der Waals surface area (Å²) in [6.45, 7) is 6.97. The zero-order valence-corrected chi connectivity index (χ0v) is 12.6. The minimum atomic E-state index is -0.235. The van der Waals surface area contributed by atoms with Crippen LogP contribution < -0.4 is 10.6 Å². The largest absolute Gasteiger partial charge is 0.396 e. The molecule has 0 fully saturated rings. The maximum atomic E-state index is 11.7. The van der Waals surface area contributed by atoms with E-state index in [1.165, 1.54) is 11.3 Å². The third-order valence-corrected chi connectivity index (χ3v) is 3.56. The molecule has 1 atom stereocenters. The first-order valence-electron chi connectivity index (χ1n) is 6.59. The number of carbonyl (C=O) groups excluding carboxylic acids is 1. The van der Waals surface area contributed by atoms with Crippen molar-refractivity contribution in [3.05, 3.63) is 11.1 Å². The van der Waals surface area contributed by atoms with Crippen LogP contribution in [0.2, 0.25) is 0 Å². The van der Waals surface area contributed by atoms with Gasteiger partial charge in [0.1, 0.15) is 0 Å². The van der Waals surface area contributed by atoms with E-state index in [1.807, 2.05) is 6.92 Å². The van der Waals surface area contributed by atoms with Crippen LogP contribution in [0.1, 0.15) is 31.6 Å². The van der Waals surface area contributed by atoms with Crippen molar-refractivity contribution in [2.24, 2.45) is 11.8 Å². The van der Waals surface area contributed by atoms with Gasteiger partial charge in [-0.25, -0.2) is 9.78 Å². The van der Waals surface area contributed by atoms with Crippen molar-refractivity contribution in [3.8, 4) is 0 Å². The lowest BCUT2D eigenvalue weighted by Gasteiger charge is -2.18. The topological polar surface area (TPSA) is 74.2 Å². The molecule has 0 saturated heterocycles. The van der Waals surface area contributed by atoms with Gasteiger partial charge in [0, 0.05) is 24.2 Å². The molecule has 0 bridgehead atoms. The molecule has 19 heavy (non-hydrogen) atoms. The summed E-state index contributed by atoms with van der Waals surface area (Å²) in [6.07, 6.45) is 3.44. The van der Waals surface area contributed by atoms with Gasteiger partial charge in [0.05, 0.1) is 0 Å². The molecule has 0 spiro atoms. The second-order valence-corrected chi connectivity index (χ2v) is 6.35. The number of aliphatic hydroxyl groups excluding tert-OH is 1. The molecule has 2 amide bonds. The van der Waals surface area contributed by atoms with Gasteiger partial charge in [-0.1, -0.05) is 13.8 Å². The smallest absolute Gasteiger partial charge is 0.321 e. The number of aromatic nitrogens is 1. The molecule has 108 valence electrons. The van der Waals surface area contributed by atoms with Crippen molar-refractivity contribution >= 4 is 22.5 Å². The second kappa shape index (κ2) is 8.12. The number of carbonyl (C=O) groups is 1. The number of nitrogens with one attached hydrogen (secondary N) is 2. The van der Waals surface area contributed by atoms with Gasteiger partial charge in [0.25, 0.3) is 0 Å². The van der Waals surface area contributed by atoms with E-state index in [0.717, 1.165) is 17.7 Å². The molecule has 0 aromatic carbocycles. The number of anilines is 1. The van der Waals surface area contributed by atoms with Crippen LogP contribution in [-0.2, 0) is 0 Å². The van der Waals surface area contributed by atoms with Crippen LogP contribution >= 0.6 is 11.3 Å². The molecule has 3 N–H and O–H groups in total. The van der Waals surface area contributed by atoms with Gasteiger partial charge >= 0.3 is 6.03 Å². The Morgan fingerprint density at radius 1 is 1.53 bits per heavy atom. The molecule has 1 rings (SSSR count). The lowest BCUT2D eigenvalue weighted by Crippen LogP contribution is -2.33. The van der Waals surface area contributed by atoms with Crippen molar-refractivity contribution in [2.45, 2.75) is 33.6 Å². The van der Waals surface area contributed by atoms with Crippen molar-refractivity contribution < 1.29 is 9.90 Å². The average molecular weight is 285 g/mol. The highest BCUT2D eigenvalue weighted by Crippen LogP contribution is 2.17. The fourth-order valence-corrected chi connectivity index (χ4v) is 2.60. The van der Waals surface area contributed by atoms with Crippen LogP contribution in [0.3, 0.4) is 0 Å². The summed E-state index contributed by atoms with van der Waals surface area (Å²) in [5.41, 5.74) is 0. The summed E-state index contributed by atoms with van der Waals surface area (Å²) in [5, 5.41) is 15.2. The van der Waals surface area contributed by atoms with Crippen LogP contribution in [-0.4, -0.2) is 29.3 Å². The lowest BCUT2D eigenvalue weighted by molar-refractivity contribution is 0.231. The number of rotatable bonds is 7. The summed E-state index contributed by atoms with van der Waals surface area (Å²) in [4.78, 5) is 16.8. The van der Waals surface area contributed by atoms with E-state index in [9.17, 15) is 4.79 Å². The first-order valence-corrected chi connectivity index (χ1v) is 7.41. The molecule has 0 aliphatic heterocycles. The molecule has 1 aromatic rings. The maximum Gasteiger partial charge on any atom is 0.321 e. The zero-order chi connectivity index (χ0) is 14.3. The van der Waals surface area contributed by atoms with Crippen molar-refractivity contribution in [3.63, 3.8) is 0 Å². The van der Waals surface area contributed by atoms with Gasteiger partial charge in [0.2, 0.25) is 0 Å². The van der Waals surface area contributed by atoms with E-state index >= 15 is 0 Å². The van der Waals surface area contributed by atoms with Gasteiger partial charge in [0.15, 0.2) is 5.13 Å². The molecule has 0 saturated carbocycles. The number of amides is 2. The molecule has 1 heterocycles. The minimum Gasteiger partial charge on any atom is -0.396 e. The molecular formula is C13H23N3O2S. The SMILES string of the molecule is Cc1cnc(NC(=O)NCC(CCO)CC(C)C)s1. The van der Waals surface area contributed by atoms with E-state index in [-0.39, 0.29) is 12.6 Å². The standard InChI is InChI=1S/C13H23N3O2S/c1-9(2)6-11(4-5-17)8-14-12(18)16-13-15-7-10(3)19-13/h7,9,11,17H,4-6,8H2,1-3H3,(H2,14,15,16,18). The van der Waals surface area contributed by atoms with Gasteiger partial charge in [-0.05, 0) is 31.6 Å². The lowest BCUT2D eigenvalue weighted by atomic mass is 9.94. The van der Waals surface area contributed by atoms with Gasteiger partial charge in [-0.3, -0.25) is 5.32 Å². The van der Waals surface area contributed by atoms with Gasteiger partial charge < -0.3 is 10.4 Å². The molecular weight excluding hydrogens is 262 g/mol. The predicted molar refractivity (Wildman–Crippen MR) is 78.5 cm³/mol. The van der Waals surface area contributed by atoms with Crippen LogP contribution in [0.4, 0.5) is 9.93 Å². The Hall–Kier alpha value is -1.14. The van der Waals surface area contributed by atoms with Crippen LogP contribution in [0.15, 0.2) is 6.20 Å². The van der Waals surface area contributed by atoms with E-state index < -0.39 is 0 Å². The maximum absolute atomic E-state index is 11.7. The number of hydrogen-bond acceptors (Lipinski definition) is 4. The Bertz CT molecular complexity index is 393. The first-order chi connectivity index (χ1) is 9.01. The first kappa shape index (κ1) is 15.9. The second-order valence-electron chi connectivity index (χ2n) is 5.12. The van der Waals surface area contributed by atoms with E-state index in [1.54, 1.807) is 6.20 Å². The van der Waals surface area contributed by atoms with Crippen molar-refractivity contribution in [2.75, 3.05) is 18.5 Å². The molecule has 5 nitrogen and oxygen atoms in total. The molecule has 0 aliphatic rings. The monoisotopic (exact) mass is 285 g/mol. The fourth-order valence-electron chi connectivity index (χ4n) is 1.94. The number of urea groups is 1. The summed E-state index contributed by atoms with van der Waals surface area (Å²) in [7, 11) is 0. The molecule has 6 heteroatoms. The highest BCUT2D eigenvalue weighted by atomic mass is 32.1. The molecule has 0 aliphatic carbocycles. The molecule has 0 radical (unpaired) electrons. The van der Waals surface area contributed by atoms with Crippen LogP contribution in [0.5, 0.6) is 0 Å². The number of aryl methyl sites for hydroxylation is 1. The average Bonchev–Trinajstić information content (AvgIpc) is 2.71. The quantitative estimate of drug-likeness (QED) is 0.721. The predicted octanol–water partition coefficient (Wildman–Crippen LogP) is 2.62. The Balaban J connectivity index is 2.34. The van der Waals surface area contributed by atoms with E-state index in [2.05, 4.69) is 29.5 Å².